The van der Waals surface area contributed by atoms with Crippen molar-refractivity contribution in [1.29, 1.82) is 0 Å². The Morgan fingerprint density at radius 2 is 2.14 bits per heavy atom. The second kappa shape index (κ2) is 5.24. The minimum absolute atomic E-state index is 0.129. The molecule has 1 atom stereocenters. The van der Waals surface area contributed by atoms with Crippen LogP contribution in [-0.2, 0) is 5.88 Å². The second-order valence-corrected chi connectivity index (χ2v) is 6.94. The molecule has 1 aromatic heterocycles. The van der Waals surface area contributed by atoms with E-state index in [0.717, 1.165) is 31.7 Å². The van der Waals surface area contributed by atoms with Crippen LogP contribution in [0.1, 0.15) is 51.4 Å². The van der Waals surface area contributed by atoms with Gasteiger partial charge >= 0.3 is 0 Å². The van der Waals surface area contributed by atoms with Gasteiger partial charge in [-0.1, -0.05) is 20.3 Å². The van der Waals surface area contributed by atoms with Gasteiger partial charge in [-0.25, -0.2) is 13.8 Å². The van der Waals surface area contributed by atoms with Crippen molar-refractivity contribution in [1.82, 2.24) is 9.55 Å². The predicted molar refractivity (Wildman–Crippen MR) is 80.5 cm³/mol. The number of aromatic nitrogens is 2. The zero-order valence-corrected chi connectivity index (χ0v) is 13.1. The van der Waals surface area contributed by atoms with Crippen LogP contribution in [0.15, 0.2) is 12.1 Å². The maximum absolute atomic E-state index is 14.3. The summed E-state index contributed by atoms with van der Waals surface area (Å²) in [5.41, 5.74) is 0.939. The molecule has 1 aliphatic rings. The van der Waals surface area contributed by atoms with Crippen LogP contribution in [0, 0.1) is 17.0 Å². The first-order valence-electron chi connectivity index (χ1n) is 7.34. The number of hydrogen-bond donors (Lipinski definition) is 0. The molecule has 0 bridgehead atoms. The van der Waals surface area contributed by atoms with Crippen molar-refractivity contribution in [3.8, 4) is 0 Å². The fourth-order valence-electron chi connectivity index (χ4n) is 3.54. The van der Waals surface area contributed by atoms with Crippen LogP contribution in [-0.4, -0.2) is 9.55 Å². The number of halogens is 3. The molecule has 3 rings (SSSR count). The average Bonchev–Trinajstić information content (AvgIpc) is 2.81. The summed E-state index contributed by atoms with van der Waals surface area (Å²) in [7, 11) is 0. The van der Waals surface area contributed by atoms with Crippen molar-refractivity contribution >= 4 is 22.6 Å². The van der Waals surface area contributed by atoms with Gasteiger partial charge in [0.1, 0.15) is 11.3 Å². The van der Waals surface area contributed by atoms with E-state index in [2.05, 4.69) is 18.8 Å². The van der Waals surface area contributed by atoms with Crippen molar-refractivity contribution in [3.05, 3.63) is 29.6 Å². The molecule has 0 saturated heterocycles. The van der Waals surface area contributed by atoms with Crippen molar-refractivity contribution in [2.75, 3.05) is 0 Å². The lowest BCUT2D eigenvalue weighted by atomic mass is 9.75. The third-order valence-corrected chi connectivity index (χ3v) is 4.72. The highest BCUT2D eigenvalue weighted by Gasteiger charge is 2.32. The molecule has 0 radical (unpaired) electrons. The molecule has 1 fully saturated rings. The van der Waals surface area contributed by atoms with Crippen LogP contribution in [0.3, 0.4) is 0 Å². The van der Waals surface area contributed by atoms with E-state index in [0.29, 0.717) is 11.3 Å². The number of fused-ring (bicyclic) bond motifs is 1. The Labute approximate surface area is 128 Å². The highest BCUT2D eigenvalue weighted by atomic mass is 35.5. The van der Waals surface area contributed by atoms with E-state index in [-0.39, 0.29) is 22.9 Å². The molecule has 1 unspecified atom stereocenters. The standard InChI is InChI=1S/C16H19ClF2N2/c1-16(2)7-3-4-10(8-16)21-13(9-17)20-12-6-5-11(18)14(19)15(12)21/h5-6,10H,3-4,7-9H2,1-2H3. The minimum Gasteiger partial charge on any atom is -0.321 e. The van der Waals surface area contributed by atoms with Gasteiger partial charge in [0, 0.05) is 6.04 Å². The van der Waals surface area contributed by atoms with Gasteiger partial charge in [-0.05, 0) is 36.8 Å². The Morgan fingerprint density at radius 3 is 2.81 bits per heavy atom. The van der Waals surface area contributed by atoms with E-state index in [9.17, 15) is 8.78 Å². The lowest BCUT2D eigenvalue weighted by Gasteiger charge is -2.36. The summed E-state index contributed by atoms with van der Waals surface area (Å²) in [5, 5.41) is 0. The molecule has 2 aromatic rings. The summed E-state index contributed by atoms with van der Waals surface area (Å²) in [4.78, 5) is 4.38. The van der Waals surface area contributed by atoms with Crippen LogP contribution in [0.25, 0.3) is 11.0 Å². The normalized spacial score (nSPS) is 21.9. The van der Waals surface area contributed by atoms with Crippen molar-refractivity contribution < 1.29 is 8.78 Å². The Hall–Kier alpha value is -1.16. The molecule has 1 aliphatic carbocycles. The van der Waals surface area contributed by atoms with E-state index < -0.39 is 11.6 Å². The van der Waals surface area contributed by atoms with Crippen LogP contribution >= 0.6 is 11.6 Å². The first-order chi connectivity index (χ1) is 9.93. The van der Waals surface area contributed by atoms with Crippen LogP contribution < -0.4 is 0 Å². The SMILES string of the molecule is CC1(C)CCCC(n2c(CCl)nc3ccc(F)c(F)c32)C1. The largest absolute Gasteiger partial charge is 0.321 e. The number of alkyl halides is 1. The number of hydrogen-bond acceptors (Lipinski definition) is 1. The smallest absolute Gasteiger partial charge is 0.184 e. The summed E-state index contributed by atoms with van der Waals surface area (Å²) >= 11 is 5.99. The quantitative estimate of drug-likeness (QED) is 0.697. The van der Waals surface area contributed by atoms with E-state index in [1.54, 1.807) is 0 Å². The zero-order chi connectivity index (χ0) is 15.2. The van der Waals surface area contributed by atoms with Gasteiger partial charge in [0.2, 0.25) is 0 Å². The molecule has 0 amide bonds. The van der Waals surface area contributed by atoms with Gasteiger partial charge in [0.25, 0.3) is 0 Å². The Morgan fingerprint density at radius 1 is 1.38 bits per heavy atom. The van der Waals surface area contributed by atoms with E-state index in [1.807, 2.05) is 4.57 Å². The third kappa shape index (κ3) is 2.54. The van der Waals surface area contributed by atoms with Gasteiger partial charge in [-0.2, -0.15) is 0 Å². The topological polar surface area (TPSA) is 17.8 Å². The first-order valence-corrected chi connectivity index (χ1v) is 7.87. The fraction of sp³-hybridized carbons (Fsp3) is 0.562. The molecule has 0 N–H and O–H groups in total. The summed E-state index contributed by atoms with van der Waals surface area (Å²) in [5.74, 6) is -0.828. The van der Waals surface area contributed by atoms with Gasteiger partial charge in [-0.3, -0.25) is 0 Å². The van der Waals surface area contributed by atoms with Crippen molar-refractivity contribution in [2.45, 2.75) is 51.5 Å². The number of rotatable bonds is 2. The Balaban J connectivity index is 2.18. The van der Waals surface area contributed by atoms with Crippen molar-refractivity contribution in [2.24, 2.45) is 5.41 Å². The molecular formula is C16H19ClF2N2. The van der Waals surface area contributed by atoms with Crippen LogP contribution in [0.5, 0.6) is 0 Å². The fourth-order valence-corrected chi connectivity index (χ4v) is 3.73. The number of benzene rings is 1. The summed E-state index contributed by atoms with van der Waals surface area (Å²) < 4.78 is 29.7. The third-order valence-electron chi connectivity index (χ3n) is 4.48. The molecule has 1 heterocycles. The van der Waals surface area contributed by atoms with Crippen molar-refractivity contribution in [3.63, 3.8) is 0 Å². The first kappa shape index (κ1) is 14.8. The summed E-state index contributed by atoms with van der Waals surface area (Å²) in [6.07, 6.45) is 4.12. The van der Waals surface area contributed by atoms with E-state index in [4.69, 9.17) is 11.6 Å². The van der Waals surface area contributed by atoms with Gasteiger partial charge < -0.3 is 4.57 Å². The highest BCUT2D eigenvalue weighted by molar-refractivity contribution is 6.16. The van der Waals surface area contributed by atoms with E-state index in [1.165, 1.54) is 6.07 Å². The molecular weight excluding hydrogens is 294 g/mol. The molecule has 0 spiro atoms. The Kier molecular flexibility index (Phi) is 3.68. The molecule has 1 saturated carbocycles. The molecule has 5 heteroatoms. The maximum Gasteiger partial charge on any atom is 0.184 e. The van der Waals surface area contributed by atoms with Gasteiger partial charge in [-0.15, -0.1) is 11.6 Å². The number of nitrogens with zero attached hydrogens (tertiary/aromatic N) is 2. The molecule has 114 valence electrons. The highest BCUT2D eigenvalue weighted by Crippen LogP contribution is 2.43. The molecule has 2 nitrogen and oxygen atoms in total. The van der Waals surface area contributed by atoms with Crippen LogP contribution in [0.2, 0.25) is 0 Å². The molecule has 1 aromatic carbocycles. The minimum atomic E-state index is -0.833. The molecule has 21 heavy (non-hydrogen) atoms. The maximum atomic E-state index is 14.3. The van der Waals surface area contributed by atoms with Gasteiger partial charge in [0.15, 0.2) is 11.6 Å². The molecule has 0 aliphatic heterocycles. The lowest BCUT2D eigenvalue weighted by Crippen LogP contribution is -2.26. The Bertz CT molecular complexity index is 678. The number of imidazole rings is 1. The summed E-state index contributed by atoms with van der Waals surface area (Å²) in [6, 6.07) is 2.77. The van der Waals surface area contributed by atoms with E-state index >= 15 is 0 Å². The average molecular weight is 313 g/mol. The zero-order valence-electron chi connectivity index (χ0n) is 12.3. The monoisotopic (exact) mass is 312 g/mol. The van der Waals surface area contributed by atoms with Crippen LogP contribution in [0.4, 0.5) is 8.78 Å². The summed E-state index contributed by atoms with van der Waals surface area (Å²) in [6.45, 7) is 4.44. The van der Waals surface area contributed by atoms with Gasteiger partial charge in [0.05, 0.1) is 11.4 Å². The second-order valence-electron chi connectivity index (χ2n) is 6.68. The predicted octanol–water partition coefficient (Wildman–Crippen LogP) is 5.19. The lowest BCUT2D eigenvalue weighted by molar-refractivity contribution is 0.183.